The summed E-state index contributed by atoms with van der Waals surface area (Å²) in [6.45, 7) is 2.36. The summed E-state index contributed by atoms with van der Waals surface area (Å²) in [5.74, 6) is 0.248. The Labute approximate surface area is 77.0 Å². The predicted octanol–water partition coefficient (Wildman–Crippen LogP) is 1.90. The minimum atomic E-state index is -0.301. The van der Waals surface area contributed by atoms with Gasteiger partial charge in [0.1, 0.15) is 11.6 Å². The monoisotopic (exact) mass is 184 g/mol. The van der Waals surface area contributed by atoms with E-state index in [0.29, 0.717) is 18.8 Å². The molecule has 0 radical (unpaired) electrons. The SMILES string of the molecule is Cc1ccc(F)cc1OCCCO. The van der Waals surface area contributed by atoms with E-state index in [-0.39, 0.29) is 12.4 Å². The number of rotatable bonds is 4. The van der Waals surface area contributed by atoms with Crippen LogP contribution in [0.2, 0.25) is 0 Å². The highest BCUT2D eigenvalue weighted by Gasteiger charge is 2.00. The van der Waals surface area contributed by atoms with Crippen molar-refractivity contribution in [3.05, 3.63) is 29.6 Å². The van der Waals surface area contributed by atoms with Gasteiger partial charge in [-0.15, -0.1) is 0 Å². The zero-order valence-electron chi connectivity index (χ0n) is 7.59. The molecule has 3 heteroatoms. The van der Waals surface area contributed by atoms with E-state index < -0.39 is 0 Å². The lowest BCUT2D eigenvalue weighted by Crippen LogP contribution is -2.01. The molecule has 0 saturated carbocycles. The molecule has 0 aromatic heterocycles. The molecule has 2 nitrogen and oxygen atoms in total. The molecule has 0 spiro atoms. The minimum absolute atomic E-state index is 0.0916. The second-order valence-electron chi connectivity index (χ2n) is 2.84. The third-order valence-electron chi connectivity index (χ3n) is 1.71. The van der Waals surface area contributed by atoms with Crippen molar-refractivity contribution in [1.82, 2.24) is 0 Å². The third-order valence-corrected chi connectivity index (χ3v) is 1.71. The number of aliphatic hydroxyl groups excluding tert-OH is 1. The standard InChI is InChI=1S/C10H13FO2/c1-8-3-4-9(11)7-10(8)13-6-2-5-12/h3-4,7,12H,2,5-6H2,1H3. The fourth-order valence-corrected chi connectivity index (χ4v) is 0.976. The highest BCUT2D eigenvalue weighted by atomic mass is 19.1. The van der Waals surface area contributed by atoms with Crippen LogP contribution in [0.1, 0.15) is 12.0 Å². The quantitative estimate of drug-likeness (QED) is 0.724. The molecule has 1 rings (SSSR count). The highest BCUT2D eigenvalue weighted by Crippen LogP contribution is 2.18. The summed E-state index contributed by atoms with van der Waals surface area (Å²) in [6.07, 6.45) is 0.565. The number of aryl methyl sites for hydroxylation is 1. The van der Waals surface area contributed by atoms with Crippen molar-refractivity contribution in [3.63, 3.8) is 0 Å². The van der Waals surface area contributed by atoms with Gasteiger partial charge >= 0.3 is 0 Å². The number of halogens is 1. The van der Waals surface area contributed by atoms with Crippen LogP contribution < -0.4 is 4.74 Å². The number of hydrogen-bond donors (Lipinski definition) is 1. The number of benzene rings is 1. The van der Waals surface area contributed by atoms with Gasteiger partial charge in [0, 0.05) is 19.1 Å². The molecule has 0 aliphatic heterocycles. The van der Waals surface area contributed by atoms with Crippen molar-refractivity contribution in [2.45, 2.75) is 13.3 Å². The average Bonchev–Trinajstić information content (AvgIpc) is 2.11. The summed E-state index contributed by atoms with van der Waals surface area (Å²) >= 11 is 0. The van der Waals surface area contributed by atoms with Crippen molar-refractivity contribution >= 4 is 0 Å². The van der Waals surface area contributed by atoms with Crippen molar-refractivity contribution in [1.29, 1.82) is 0 Å². The molecule has 0 fully saturated rings. The van der Waals surface area contributed by atoms with Crippen LogP contribution in [0.25, 0.3) is 0 Å². The van der Waals surface area contributed by atoms with Gasteiger partial charge in [-0.05, 0) is 18.6 Å². The van der Waals surface area contributed by atoms with Gasteiger partial charge in [0.25, 0.3) is 0 Å². The Balaban J connectivity index is 2.59. The molecule has 0 bridgehead atoms. The first-order valence-corrected chi connectivity index (χ1v) is 4.24. The van der Waals surface area contributed by atoms with Gasteiger partial charge < -0.3 is 9.84 Å². The van der Waals surface area contributed by atoms with Crippen LogP contribution in [0.4, 0.5) is 4.39 Å². The number of ether oxygens (including phenoxy) is 1. The van der Waals surface area contributed by atoms with E-state index in [1.807, 2.05) is 6.92 Å². The van der Waals surface area contributed by atoms with Gasteiger partial charge in [0.05, 0.1) is 6.61 Å². The summed E-state index contributed by atoms with van der Waals surface area (Å²) in [4.78, 5) is 0. The van der Waals surface area contributed by atoms with Gasteiger partial charge in [0.2, 0.25) is 0 Å². The van der Waals surface area contributed by atoms with Gasteiger partial charge in [-0.25, -0.2) is 4.39 Å². The largest absolute Gasteiger partial charge is 0.493 e. The molecule has 13 heavy (non-hydrogen) atoms. The van der Waals surface area contributed by atoms with Crippen LogP contribution in [0, 0.1) is 12.7 Å². The maximum absolute atomic E-state index is 12.7. The van der Waals surface area contributed by atoms with E-state index >= 15 is 0 Å². The zero-order valence-corrected chi connectivity index (χ0v) is 7.59. The van der Waals surface area contributed by atoms with Crippen LogP contribution in [-0.4, -0.2) is 18.3 Å². The molecule has 0 heterocycles. The predicted molar refractivity (Wildman–Crippen MR) is 48.3 cm³/mol. The van der Waals surface area contributed by atoms with Gasteiger partial charge in [-0.1, -0.05) is 6.07 Å². The van der Waals surface area contributed by atoms with Crippen LogP contribution in [0.5, 0.6) is 5.75 Å². The topological polar surface area (TPSA) is 29.5 Å². The van der Waals surface area contributed by atoms with E-state index in [1.165, 1.54) is 12.1 Å². The molecule has 1 aromatic rings. The second kappa shape index (κ2) is 4.82. The molecule has 1 N–H and O–H groups in total. The molecule has 1 aromatic carbocycles. The lowest BCUT2D eigenvalue weighted by molar-refractivity contribution is 0.232. The molecule has 0 amide bonds. The summed E-state index contributed by atoms with van der Waals surface area (Å²) < 4.78 is 18.0. The Kier molecular flexibility index (Phi) is 3.71. The Bertz CT molecular complexity index is 274. The van der Waals surface area contributed by atoms with Crippen LogP contribution >= 0.6 is 0 Å². The molecular weight excluding hydrogens is 171 g/mol. The number of aliphatic hydroxyl groups is 1. The van der Waals surface area contributed by atoms with Crippen molar-refractivity contribution in [2.24, 2.45) is 0 Å². The molecule has 72 valence electrons. The van der Waals surface area contributed by atoms with E-state index in [0.717, 1.165) is 5.56 Å². The van der Waals surface area contributed by atoms with Crippen LogP contribution in [0.15, 0.2) is 18.2 Å². The molecule has 0 saturated heterocycles. The maximum atomic E-state index is 12.7. The minimum Gasteiger partial charge on any atom is -0.493 e. The maximum Gasteiger partial charge on any atom is 0.126 e. The van der Waals surface area contributed by atoms with Crippen LogP contribution in [0.3, 0.4) is 0 Å². The van der Waals surface area contributed by atoms with E-state index in [9.17, 15) is 4.39 Å². The molecule has 0 aliphatic rings. The zero-order chi connectivity index (χ0) is 9.68. The summed E-state index contributed by atoms with van der Waals surface area (Å²) in [6, 6.07) is 4.42. The molecule has 0 unspecified atom stereocenters. The Morgan fingerprint density at radius 1 is 1.46 bits per heavy atom. The van der Waals surface area contributed by atoms with E-state index in [2.05, 4.69) is 0 Å². The average molecular weight is 184 g/mol. The lowest BCUT2D eigenvalue weighted by atomic mass is 10.2. The second-order valence-corrected chi connectivity index (χ2v) is 2.84. The van der Waals surface area contributed by atoms with E-state index in [1.54, 1.807) is 6.07 Å². The van der Waals surface area contributed by atoms with Gasteiger partial charge in [0.15, 0.2) is 0 Å². The fraction of sp³-hybridized carbons (Fsp3) is 0.400. The summed E-state index contributed by atoms with van der Waals surface area (Å²) in [5.41, 5.74) is 0.902. The Morgan fingerprint density at radius 3 is 2.92 bits per heavy atom. The fourth-order valence-electron chi connectivity index (χ4n) is 0.976. The summed E-state index contributed by atoms with van der Waals surface area (Å²) in [5, 5.41) is 8.51. The third kappa shape index (κ3) is 3.03. The molecule has 0 aliphatic carbocycles. The smallest absolute Gasteiger partial charge is 0.126 e. The first-order valence-electron chi connectivity index (χ1n) is 4.24. The van der Waals surface area contributed by atoms with Crippen molar-refractivity contribution in [3.8, 4) is 5.75 Å². The van der Waals surface area contributed by atoms with Crippen LogP contribution in [-0.2, 0) is 0 Å². The van der Waals surface area contributed by atoms with Crippen molar-refractivity contribution in [2.75, 3.05) is 13.2 Å². The molecular formula is C10H13FO2. The highest BCUT2D eigenvalue weighted by molar-refractivity contribution is 5.32. The Hall–Kier alpha value is -1.09. The Morgan fingerprint density at radius 2 is 2.23 bits per heavy atom. The lowest BCUT2D eigenvalue weighted by Gasteiger charge is -2.07. The first-order chi connectivity index (χ1) is 6.24. The van der Waals surface area contributed by atoms with Crippen molar-refractivity contribution < 1.29 is 14.2 Å². The van der Waals surface area contributed by atoms with Gasteiger partial charge in [-0.2, -0.15) is 0 Å². The number of hydrogen-bond acceptors (Lipinski definition) is 2. The van der Waals surface area contributed by atoms with E-state index in [4.69, 9.17) is 9.84 Å². The normalized spacial score (nSPS) is 10.1. The first kappa shape index (κ1) is 9.99. The molecule has 0 atom stereocenters. The van der Waals surface area contributed by atoms with Gasteiger partial charge in [-0.3, -0.25) is 0 Å². The summed E-state index contributed by atoms with van der Waals surface area (Å²) in [7, 11) is 0.